The molecule has 0 radical (unpaired) electrons. The highest BCUT2D eigenvalue weighted by molar-refractivity contribution is 6.08. The lowest BCUT2D eigenvalue weighted by atomic mass is 10.0. The second-order valence-electron chi connectivity index (χ2n) is 4.09. The zero-order valence-electron chi connectivity index (χ0n) is 10.8. The molecule has 0 amide bonds. The molecule has 0 saturated carbocycles. The van der Waals surface area contributed by atoms with Gasteiger partial charge in [-0.3, -0.25) is 0 Å². The third-order valence-corrected chi connectivity index (χ3v) is 3.19. The van der Waals surface area contributed by atoms with E-state index in [2.05, 4.69) is 47.1 Å². The van der Waals surface area contributed by atoms with E-state index in [4.69, 9.17) is 0 Å². The Hall–Kier alpha value is -1.90. The minimum absolute atomic E-state index is 1.11. The van der Waals surface area contributed by atoms with Crippen LogP contribution < -0.4 is 16.0 Å². The van der Waals surface area contributed by atoms with Crippen LogP contribution in [0, 0.1) is 6.92 Å². The summed E-state index contributed by atoms with van der Waals surface area (Å²) in [5.74, 6) is 0. The Balaban J connectivity index is 2.89. The van der Waals surface area contributed by atoms with Gasteiger partial charge < -0.3 is 16.0 Å². The van der Waals surface area contributed by atoms with E-state index in [1.807, 2.05) is 21.1 Å². The summed E-state index contributed by atoms with van der Waals surface area (Å²) in [5.41, 5.74) is 4.69. The number of hydrogen-bond acceptors (Lipinski definition) is 3. The smallest absolute Gasteiger partial charge is 0.0674 e. The highest BCUT2D eigenvalue weighted by atomic mass is 14.9. The number of hydrogen-bond donors (Lipinski definition) is 3. The molecular weight excluding hydrogens is 210 g/mol. The molecule has 0 bridgehead atoms. The molecule has 0 unspecified atom stereocenters. The van der Waals surface area contributed by atoms with Gasteiger partial charge in [-0.1, -0.05) is 12.1 Å². The Kier molecular flexibility index (Phi) is 3.09. The van der Waals surface area contributed by atoms with Crippen molar-refractivity contribution >= 4 is 27.8 Å². The molecule has 3 nitrogen and oxygen atoms in total. The van der Waals surface area contributed by atoms with Gasteiger partial charge in [0.15, 0.2) is 0 Å². The number of benzene rings is 2. The van der Waals surface area contributed by atoms with Crippen LogP contribution in [0.1, 0.15) is 5.56 Å². The molecule has 90 valence electrons. The molecule has 0 atom stereocenters. The molecule has 0 saturated heterocycles. The highest BCUT2D eigenvalue weighted by Crippen LogP contribution is 2.37. The van der Waals surface area contributed by atoms with E-state index in [0.29, 0.717) is 0 Å². The standard InChI is InChI=1S/C14H19N3/c1-9-5-7-11(15-2)13-10(9)6-8-12(16-3)14(13)17-4/h5-8,15-17H,1-4H3. The number of aryl methyl sites for hydroxylation is 1. The first-order valence-electron chi connectivity index (χ1n) is 5.82. The van der Waals surface area contributed by atoms with Gasteiger partial charge in [0, 0.05) is 32.2 Å². The van der Waals surface area contributed by atoms with Crippen molar-refractivity contribution in [3.63, 3.8) is 0 Å². The van der Waals surface area contributed by atoms with Crippen molar-refractivity contribution < 1.29 is 0 Å². The molecule has 0 spiro atoms. The molecule has 0 aliphatic heterocycles. The molecule has 0 aromatic heterocycles. The Labute approximate surface area is 102 Å². The van der Waals surface area contributed by atoms with Crippen molar-refractivity contribution in [2.24, 2.45) is 0 Å². The van der Waals surface area contributed by atoms with Gasteiger partial charge in [0.2, 0.25) is 0 Å². The van der Waals surface area contributed by atoms with Gasteiger partial charge in [0.25, 0.3) is 0 Å². The van der Waals surface area contributed by atoms with Crippen LogP contribution in [-0.2, 0) is 0 Å². The van der Waals surface area contributed by atoms with Gasteiger partial charge in [-0.2, -0.15) is 0 Å². The first kappa shape index (κ1) is 11.6. The molecule has 0 aliphatic rings. The van der Waals surface area contributed by atoms with Crippen molar-refractivity contribution in [1.29, 1.82) is 0 Å². The average molecular weight is 229 g/mol. The maximum Gasteiger partial charge on any atom is 0.0674 e. The highest BCUT2D eigenvalue weighted by Gasteiger charge is 2.10. The van der Waals surface area contributed by atoms with Gasteiger partial charge in [-0.15, -0.1) is 0 Å². The monoisotopic (exact) mass is 229 g/mol. The molecule has 17 heavy (non-hydrogen) atoms. The molecule has 0 fully saturated rings. The quantitative estimate of drug-likeness (QED) is 0.756. The van der Waals surface area contributed by atoms with Crippen LogP contribution in [0.3, 0.4) is 0 Å². The lowest BCUT2D eigenvalue weighted by Crippen LogP contribution is -2.00. The number of nitrogens with one attached hydrogen (secondary N) is 3. The summed E-state index contributed by atoms with van der Waals surface area (Å²) in [5, 5.41) is 12.3. The van der Waals surface area contributed by atoms with E-state index >= 15 is 0 Å². The van der Waals surface area contributed by atoms with Crippen LogP contribution in [0.25, 0.3) is 10.8 Å². The average Bonchev–Trinajstić information content (AvgIpc) is 2.38. The lowest BCUT2D eigenvalue weighted by molar-refractivity contribution is 1.44. The predicted molar refractivity (Wildman–Crippen MR) is 77.3 cm³/mol. The first-order chi connectivity index (χ1) is 8.22. The topological polar surface area (TPSA) is 36.1 Å². The minimum Gasteiger partial charge on any atom is -0.388 e. The molecule has 2 aromatic rings. The zero-order chi connectivity index (χ0) is 12.4. The van der Waals surface area contributed by atoms with E-state index < -0.39 is 0 Å². The molecule has 3 N–H and O–H groups in total. The van der Waals surface area contributed by atoms with Crippen LogP contribution >= 0.6 is 0 Å². The summed E-state index contributed by atoms with van der Waals surface area (Å²) in [6, 6.07) is 8.55. The van der Waals surface area contributed by atoms with Gasteiger partial charge in [0.05, 0.1) is 11.4 Å². The predicted octanol–water partition coefficient (Wildman–Crippen LogP) is 3.27. The summed E-state index contributed by atoms with van der Waals surface area (Å²) < 4.78 is 0. The fraction of sp³-hybridized carbons (Fsp3) is 0.286. The van der Waals surface area contributed by atoms with Crippen molar-refractivity contribution in [2.45, 2.75) is 6.92 Å². The van der Waals surface area contributed by atoms with E-state index in [1.165, 1.54) is 16.3 Å². The summed E-state index contributed by atoms with van der Waals surface area (Å²) in [6.07, 6.45) is 0. The molecule has 0 aliphatic carbocycles. The molecular formula is C14H19N3. The Morgan fingerprint density at radius 2 is 1.41 bits per heavy atom. The van der Waals surface area contributed by atoms with Crippen LogP contribution in [-0.4, -0.2) is 21.1 Å². The zero-order valence-corrected chi connectivity index (χ0v) is 10.8. The SMILES string of the molecule is CNc1ccc2c(C)ccc(NC)c2c1NC. The van der Waals surface area contributed by atoms with Gasteiger partial charge in [-0.25, -0.2) is 0 Å². The van der Waals surface area contributed by atoms with Gasteiger partial charge in [0.1, 0.15) is 0 Å². The van der Waals surface area contributed by atoms with Crippen molar-refractivity contribution in [1.82, 2.24) is 0 Å². The van der Waals surface area contributed by atoms with Gasteiger partial charge >= 0.3 is 0 Å². The number of rotatable bonds is 3. The molecule has 2 aromatic carbocycles. The van der Waals surface area contributed by atoms with Crippen LogP contribution in [0.4, 0.5) is 17.1 Å². The number of anilines is 3. The largest absolute Gasteiger partial charge is 0.388 e. The first-order valence-corrected chi connectivity index (χ1v) is 5.82. The fourth-order valence-electron chi connectivity index (χ4n) is 2.27. The van der Waals surface area contributed by atoms with Crippen LogP contribution in [0.2, 0.25) is 0 Å². The van der Waals surface area contributed by atoms with Crippen LogP contribution in [0.15, 0.2) is 24.3 Å². The van der Waals surface area contributed by atoms with E-state index in [-0.39, 0.29) is 0 Å². The van der Waals surface area contributed by atoms with Crippen molar-refractivity contribution in [2.75, 3.05) is 37.1 Å². The Morgan fingerprint density at radius 3 is 2.00 bits per heavy atom. The maximum absolute atomic E-state index is 3.29. The minimum atomic E-state index is 1.11. The summed E-state index contributed by atoms with van der Waals surface area (Å²) in [4.78, 5) is 0. The summed E-state index contributed by atoms with van der Waals surface area (Å²) in [6.45, 7) is 2.14. The third-order valence-electron chi connectivity index (χ3n) is 3.19. The third kappa shape index (κ3) is 1.78. The second-order valence-corrected chi connectivity index (χ2v) is 4.09. The summed E-state index contributed by atoms with van der Waals surface area (Å²) >= 11 is 0. The number of fused-ring (bicyclic) bond motifs is 1. The normalized spacial score (nSPS) is 10.4. The second kappa shape index (κ2) is 4.53. The van der Waals surface area contributed by atoms with E-state index in [0.717, 1.165) is 17.1 Å². The fourth-order valence-corrected chi connectivity index (χ4v) is 2.27. The Bertz CT molecular complexity index is 547. The maximum atomic E-state index is 3.29. The molecule has 2 rings (SSSR count). The van der Waals surface area contributed by atoms with E-state index in [9.17, 15) is 0 Å². The molecule has 3 heteroatoms. The molecule has 0 heterocycles. The summed E-state index contributed by atoms with van der Waals surface area (Å²) in [7, 11) is 5.85. The van der Waals surface area contributed by atoms with Gasteiger partial charge in [-0.05, 0) is 30.0 Å². The lowest BCUT2D eigenvalue weighted by Gasteiger charge is -2.16. The van der Waals surface area contributed by atoms with Crippen molar-refractivity contribution in [3.8, 4) is 0 Å². The van der Waals surface area contributed by atoms with Crippen LogP contribution in [0.5, 0.6) is 0 Å². The van der Waals surface area contributed by atoms with E-state index in [1.54, 1.807) is 0 Å². The van der Waals surface area contributed by atoms with Crippen molar-refractivity contribution in [3.05, 3.63) is 29.8 Å². The Morgan fingerprint density at radius 1 is 0.765 bits per heavy atom.